The van der Waals surface area contributed by atoms with Crippen molar-refractivity contribution in [3.05, 3.63) is 36.0 Å². The van der Waals surface area contributed by atoms with Crippen LogP contribution in [0.25, 0.3) is 10.9 Å². The summed E-state index contributed by atoms with van der Waals surface area (Å²) < 4.78 is 0. The molecule has 184 valence electrons. The van der Waals surface area contributed by atoms with Gasteiger partial charge in [-0.05, 0) is 24.5 Å². The second-order valence-electron chi connectivity index (χ2n) is 7.68. The summed E-state index contributed by atoms with van der Waals surface area (Å²) in [5, 5.41) is 24.2. The Hall–Kier alpha value is -4.13. The lowest BCUT2D eigenvalue weighted by molar-refractivity contribution is -0.142. The van der Waals surface area contributed by atoms with Crippen LogP contribution in [-0.2, 0) is 25.6 Å². The van der Waals surface area contributed by atoms with E-state index in [4.69, 9.17) is 22.3 Å². The van der Waals surface area contributed by atoms with Crippen molar-refractivity contribution < 1.29 is 29.4 Å². The molecule has 2 rings (SSSR count). The average molecular weight is 476 g/mol. The number of para-hydroxylation sites is 1. The lowest BCUT2D eigenvalue weighted by Gasteiger charge is -2.22. The van der Waals surface area contributed by atoms with Gasteiger partial charge in [-0.15, -0.1) is 0 Å². The molecule has 0 fully saturated rings. The van der Waals surface area contributed by atoms with Crippen LogP contribution in [0.15, 0.2) is 35.5 Å². The first-order chi connectivity index (χ1) is 16.1. The fraction of sp³-hybridized carbons (Fsp3) is 0.381. The number of carboxylic acids is 2. The molecule has 34 heavy (non-hydrogen) atoms. The van der Waals surface area contributed by atoms with Gasteiger partial charge < -0.3 is 43.0 Å². The molecule has 13 heteroatoms. The summed E-state index contributed by atoms with van der Waals surface area (Å²) in [5.41, 5.74) is 17.7. The smallest absolute Gasteiger partial charge is 0.326 e. The summed E-state index contributed by atoms with van der Waals surface area (Å²) >= 11 is 0. The Morgan fingerprint density at radius 2 is 1.71 bits per heavy atom. The first-order valence-corrected chi connectivity index (χ1v) is 10.5. The predicted octanol–water partition coefficient (Wildman–Crippen LogP) is -1.38. The molecule has 0 radical (unpaired) electrons. The maximum absolute atomic E-state index is 12.9. The van der Waals surface area contributed by atoms with Crippen LogP contribution in [-0.4, -0.2) is 69.6 Å². The summed E-state index contributed by atoms with van der Waals surface area (Å²) in [7, 11) is 0. The normalized spacial score (nSPS) is 13.4. The fourth-order valence-electron chi connectivity index (χ4n) is 3.32. The first kappa shape index (κ1) is 26.1. The number of hydrogen-bond donors (Lipinski definition) is 8. The standard InChI is InChI=1S/C21H29N7O6/c22-13(9-17(29)30)18(31)27-15(6-3-7-25-21(23)24)19(32)28-16(20(33)34)8-11-10-26-14-5-2-1-4-12(11)14/h1-2,4-5,10,13,15-16,26H,3,6-9,22H2,(H,27,31)(H,28,32)(H,29,30)(H,33,34)(H4,23,24,25)/t13-,15-,16-/m0/s1. The van der Waals surface area contributed by atoms with Crippen molar-refractivity contribution in [1.82, 2.24) is 15.6 Å². The van der Waals surface area contributed by atoms with Crippen molar-refractivity contribution in [1.29, 1.82) is 0 Å². The number of nitrogens with two attached hydrogens (primary N) is 3. The molecule has 11 N–H and O–H groups in total. The van der Waals surface area contributed by atoms with E-state index in [2.05, 4.69) is 20.6 Å². The molecule has 0 aliphatic heterocycles. The molecule has 13 nitrogen and oxygen atoms in total. The van der Waals surface area contributed by atoms with Gasteiger partial charge in [0.05, 0.1) is 12.5 Å². The maximum atomic E-state index is 12.9. The lowest BCUT2D eigenvalue weighted by atomic mass is 10.0. The Bertz CT molecular complexity index is 1060. The third kappa shape index (κ3) is 7.78. The van der Waals surface area contributed by atoms with Crippen molar-refractivity contribution >= 4 is 40.6 Å². The molecule has 2 aromatic rings. The summed E-state index contributed by atoms with van der Waals surface area (Å²) in [5.74, 6) is -4.29. The molecule has 0 aliphatic rings. The average Bonchev–Trinajstić information content (AvgIpc) is 3.17. The molecular weight excluding hydrogens is 446 g/mol. The highest BCUT2D eigenvalue weighted by molar-refractivity contribution is 5.93. The number of carbonyl (C=O) groups excluding carboxylic acids is 2. The maximum Gasteiger partial charge on any atom is 0.326 e. The van der Waals surface area contributed by atoms with Gasteiger partial charge in [-0.25, -0.2) is 4.79 Å². The van der Waals surface area contributed by atoms with Crippen LogP contribution in [0.3, 0.4) is 0 Å². The zero-order valence-corrected chi connectivity index (χ0v) is 18.4. The zero-order chi connectivity index (χ0) is 25.3. The molecule has 1 aromatic heterocycles. The number of guanidine groups is 1. The monoisotopic (exact) mass is 475 g/mol. The molecular formula is C21H29N7O6. The minimum Gasteiger partial charge on any atom is -0.481 e. The number of fused-ring (bicyclic) bond motifs is 1. The van der Waals surface area contributed by atoms with Gasteiger partial charge in [0.25, 0.3) is 0 Å². The number of aliphatic imine (C=N–C) groups is 1. The molecule has 0 saturated heterocycles. The highest BCUT2D eigenvalue weighted by Gasteiger charge is 2.29. The van der Waals surface area contributed by atoms with E-state index in [9.17, 15) is 24.3 Å². The molecule has 2 amide bonds. The largest absolute Gasteiger partial charge is 0.481 e. The molecule has 0 saturated carbocycles. The summed E-state index contributed by atoms with van der Waals surface area (Å²) in [4.78, 5) is 54.8. The van der Waals surface area contributed by atoms with Gasteiger partial charge in [0.2, 0.25) is 11.8 Å². The predicted molar refractivity (Wildman–Crippen MR) is 124 cm³/mol. The Labute approximate surface area is 194 Å². The van der Waals surface area contributed by atoms with Crippen LogP contribution in [0.5, 0.6) is 0 Å². The number of benzene rings is 1. The van der Waals surface area contributed by atoms with E-state index in [0.29, 0.717) is 5.56 Å². The number of carbonyl (C=O) groups is 4. The number of rotatable bonds is 13. The molecule has 0 bridgehead atoms. The highest BCUT2D eigenvalue weighted by Crippen LogP contribution is 2.19. The van der Waals surface area contributed by atoms with E-state index in [1.54, 1.807) is 6.20 Å². The van der Waals surface area contributed by atoms with Crippen molar-refractivity contribution in [2.75, 3.05) is 6.54 Å². The summed E-state index contributed by atoms with van der Waals surface area (Å²) in [6.45, 7) is 0.168. The Kier molecular flexibility index (Phi) is 9.38. The Balaban J connectivity index is 2.13. The Morgan fingerprint density at radius 1 is 1.03 bits per heavy atom. The van der Waals surface area contributed by atoms with Gasteiger partial charge in [-0.2, -0.15) is 0 Å². The molecule has 0 unspecified atom stereocenters. The number of amides is 2. The van der Waals surface area contributed by atoms with E-state index in [1.807, 2.05) is 24.3 Å². The van der Waals surface area contributed by atoms with Crippen molar-refractivity contribution in [2.45, 2.75) is 43.8 Å². The number of aromatic nitrogens is 1. The summed E-state index contributed by atoms with van der Waals surface area (Å²) in [6, 6.07) is 3.49. The lowest BCUT2D eigenvalue weighted by Crippen LogP contribution is -2.55. The SMILES string of the molecule is NC(N)=NCCC[C@H](NC(=O)[C@@H](N)CC(=O)O)C(=O)N[C@@H](Cc1c[nH]c2ccccc12)C(=O)O. The third-order valence-corrected chi connectivity index (χ3v) is 5.02. The number of nitrogens with one attached hydrogen (secondary N) is 3. The fourth-order valence-corrected chi connectivity index (χ4v) is 3.32. The molecule has 1 heterocycles. The van der Waals surface area contributed by atoms with E-state index in [0.717, 1.165) is 10.9 Å². The Morgan fingerprint density at radius 3 is 2.35 bits per heavy atom. The minimum atomic E-state index is -1.38. The van der Waals surface area contributed by atoms with Gasteiger partial charge >= 0.3 is 11.9 Å². The molecule has 3 atom stereocenters. The minimum absolute atomic E-state index is 0.00170. The number of carboxylic acid groups (broad SMARTS) is 2. The van der Waals surface area contributed by atoms with Crippen LogP contribution >= 0.6 is 0 Å². The molecule has 0 spiro atoms. The van der Waals surface area contributed by atoms with Gasteiger partial charge in [-0.1, -0.05) is 18.2 Å². The second-order valence-corrected chi connectivity index (χ2v) is 7.68. The van der Waals surface area contributed by atoms with Gasteiger partial charge in [0, 0.05) is 30.1 Å². The van der Waals surface area contributed by atoms with Crippen LogP contribution in [0.1, 0.15) is 24.8 Å². The van der Waals surface area contributed by atoms with Gasteiger partial charge in [0.1, 0.15) is 12.1 Å². The van der Waals surface area contributed by atoms with E-state index in [1.165, 1.54) is 0 Å². The van der Waals surface area contributed by atoms with Gasteiger partial charge in [0.15, 0.2) is 5.96 Å². The van der Waals surface area contributed by atoms with Crippen LogP contribution in [0.4, 0.5) is 0 Å². The molecule has 1 aromatic carbocycles. The quantitative estimate of drug-likeness (QED) is 0.0965. The number of H-pyrrole nitrogens is 1. The first-order valence-electron chi connectivity index (χ1n) is 10.5. The number of nitrogens with zero attached hydrogens (tertiary/aromatic N) is 1. The van der Waals surface area contributed by atoms with Gasteiger partial charge in [-0.3, -0.25) is 19.4 Å². The van der Waals surface area contributed by atoms with Crippen molar-refractivity contribution in [3.8, 4) is 0 Å². The van der Waals surface area contributed by atoms with E-state index in [-0.39, 0.29) is 31.8 Å². The second kappa shape index (κ2) is 12.2. The third-order valence-electron chi connectivity index (χ3n) is 5.02. The van der Waals surface area contributed by atoms with Crippen LogP contribution < -0.4 is 27.8 Å². The van der Waals surface area contributed by atoms with Crippen LogP contribution in [0.2, 0.25) is 0 Å². The number of hydrogen-bond acceptors (Lipinski definition) is 6. The number of aromatic amines is 1. The van der Waals surface area contributed by atoms with Crippen LogP contribution in [0, 0.1) is 0 Å². The highest BCUT2D eigenvalue weighted by atomic mass is 16.4. The molecule has 0 aliphatic carbocycles. The zero-order valence-electron chi connectivity index (χ0n) is 18.4. The van der Waals surface area contributed by atoms with Crippen molar-refractivity contribution in [3.63, 3.8) is 0 Å². The van der Waals surface area contributed by atoms with E-state index >= 15 is 0 Å². The summed E-state index contributed by atoms with van der Waals surface area (Å²) in [6.07, 6.45) is 1.38. The topological polar surface area (TPSA) is 239 Å². The number of aliphatic carboxylic acids is 2. The van der Waals surface area contributed by atoms with E-state index < -0.39 is 48.3 Å². The van der Waals surface area contributed by atoms with Crippen molar-refractivity contribution in [2.24, 2.45) is 22.2 Å².